The molecule has 150 valence electrons. The zero-order valence-corrected chi connectivity index (χ0v) is 16.1. The first-order valence-electron chi connectivity index (χ1n) is 8.94. The van der Waals surface area contributed by atoms with Crippen LogP contribution in [0.25, 0.3) is 10.8 Å². The van der Waals surface area contributed by atoms with Crippen LogP contribution in [0.4, 0.5) is 10.1 Å². The molecule has 0 radical (unpaired) electrons. The lowest BCUT2D eigenvalue weighted by Crippen LogP contribution is -2.37. The third kappa shape index (κ3) is 5.44. The Morgan fingerprint density at radius 2 is 1.62 bits per heavy atom. The van der Waals surface area contributed by atoms with E-state index in [-0.39, 0.29) is 30.8 Å². The molecule has 29 heavy (non-hydrogen) atoms. The van der Waals surface area contributed by atoms with E-state index >= 15 is 0 Å². The molecule has 3 aromatic rings. The molecule has 0 aromatic heterocycles. The summed E-state index contributed by atoms with van der Waals surface area (Å²) in [5, 5.41) is 4.57. The maximum Gasteiger partial charge on any atom is 0.260 e. The van der Waals surface area contributed by atoms with E-state index in [9.17, 15) is 14.0 Å². The van der Waals surface area contributed by atoms with Crippen LogP contribution in [0.5, 0.6) is 11.5 Å². The van der Waals surface area contributed by atoms with Gasteiger partial charge in [0.1, 0.15) is 17.3 Å². The number of likely N-dealkylation sites (N-methyl/N-ethyl adjacent to an activating group) is 1. The Hall–Kier alpha value is -3.61. The van der Waals surface area contributed by atoms with Crippen molar-refractivity contribution in [1.29, 1.82) is 0 Å². The average molecular weight is 396 g/mol. The number of benzene rings is 3. The highest BCUT2D eigenvalue weighted by molar-refractivity contribution is 5.94. The van der Waals surface area contributed by atoms with Crippen molar-refractivity contribution < 1.29 is 23.5 Å². The molecule has 0 aliphatic carbocycles. The number of hydrogen-bond donors (Lipinski definition) is 1. The zero-order valence-electron chi connectivity index (χ0n) is 16.1. The van der Waals surface area contributed by atoms with E-state index < -0.39 is 0 Å². The summed E-state index contributed by atoms with van der Waals surface area (Å²) in [6.07, 6.45) is 0. The first-order valence-corrected chi connectivity index (χ1v) is 8.94. The summed E-state index contributed by atoms with van der Waals surface area (Å²) in [4.78, 5) is 25.6. The molecule has 0 aliphatic rings. The molecule has 1 N–H and O–H groups in total. The highest BCUT2D eigenvalue weighted by atomic mass is 19.1. The topological polar surface area (TPSA) is 67.9 Å². The molecule has 0 bridgehead atoms. The van der Waals surface area contributed by atoms with Gasteiger partial charge >= 0.3 is 0 Å². The van der Waals surface area contributed by atoms with Crippen molar-refractivity contribution in [2.45, 2.75) is 0 Å². The third-order valence-corrected chi connectivity index (χ3v) is 4.32. The quantitative estimate of drug-likeness (QED) is 0.664. The number of methoxy groups -OCH3 is 1. The van der Waals surface area contributed by atoms with Crippen LogP contribution in [-0.2, 0) is 9.59 Å². The van der Waals surface area contributed by atoms with Crippen LogP contribution in [0.15, 0.2) is 60.7 Å². The molecule has 7 heteroatoms. The summed E-state index contributed by atoms with van der Waals surface area (Å²) in [6.45, 7) is -0.343. The van der Waals surface area contributed by atoms with E-state index in [1.54, 1.807) is 13.2 Å². The van der Waals surface area contributed by atoms with Gasteiger partial charge in [0.2, 0.25) is 5.91 Å². The molecule has 0 spiro atoms. The summed E-state index contributed by atoms with van der Waals surface area (Å²) in [5.41, 5.74) is 0.458. The number of halogens is 1. The van der Waals surface area contributed by atoms with Gasteiger partial charge in [0, 0.05) is 12.7 Å². The van der Waals surface area contributed by atoms with Gasteiger partial charge in [-0.3, -0.25) is 9.59 Å². The number of nitrogens with zero attached hydrogens (tertiary/aromatic N) is 1. The van der Waals surface area contributed by atoms with E-state index in [1.165, 1.54) is 36.2 Å². The molecule has 2 amide bonds. The van der Waals surface area contributed by atoms with Crippen molar-refractivity contribution in [3.8, 4) is 11.5 Å². The van der Waals surface area contributed by atoms with Crippen molar-refractivity contribution in [2.75, 3.05) is 32.6 Å². The smallest absolute Gasteiger partial charge is 0.260 e. The van der Waals surface area contributed by atoms with Crippen molar-refractivity contribution in [1.82, 2.24) is 4.90 Å². The molecular formula is C22H21FN2O4. The highest BCUT2D eigenvalue weighted by Crippen LogP contribution is 2.25. The second-order valence-electron chi connectivity index (χ2n) is 6.47. The maximum atomic E-state index is 12.9. The molecule has 0 unspecified atom stereocenters. The Bertz CT molecular complexity index is 1020. The fourth-order valence-corrected chi connectivity index (χ4v) is 2.71. The summed E-state index contributed by atoms with van der Waals surface area (Å²) in [6, 6.07) is 16.6. The predicted molar refractivity (Wildman–Crippen MR) is 109 cm³/mol. The normalized spacial score (nSPS) is 10.4. The molecule has 0 heterocycles. The summed E-state index contributed by atoms with van der Waals surface area (Å²) >= 11 is 0. The monoisotopic (exact) mass is 396 g/mol. The Morgan fingerprint density at radius 1 is 0.966 bits per heavy atom. The number of rotatable bonds is 7. The Labute approximate surface area is 167 Å². The highest BCUT2D eigenvalue weighted by Gasteiger charge is 2.14. The van der Waals surface area contributed by atoms with Crippen LogP contribution in [0, 0.1) is 5.82 Å². The number of amides is 2. The summed E-state index contributed by atoms with van der Waals surface area (Å²) in [5.74, 6) is 0.163. The van der Waals surface area contributed by atoms with Crippen molar-refractivity contribution in [3.63, 3.8) is 0 Å². The lowest BCUT2D eigenvalue weighted by molar-refractivity contribution is -0.135. The number of nitrogens with one attached hydrogen (secondary N) is 1. The van der Waals surface area contributed by atoms with Gasteiger partial charge in [-0.25, -0.2) is 4.39 Å². The standard InChI is InChI=1S/C22H21FN2O4/c1-25(13-21(26)24-18-7-5-17(23)6-8-18)22(27)14-29-20-10-4-15-3-9-19(28-2)11-16(15)12-20/h3-12H,13-14H2,1-2H3,(H,24,26). The van der Waals surface area contributed by atoms with Crippen molar-refractivity contribution in [2.24, 2.45) is 0 Å². The molecule has 0 fully saturated rings. The summed E-state index contributed by atoms with van der Waals surface area (Å²) in [7, 11) is 3.11. The first-order chi connectivity index (χ1) is 13.9. The van der Waals surface area contributed by atoms with E-state index in [2.05, 4.69) is 5.32 Å². The van der Waals surface area contributed by atoms with E-state index in [1.807, 2.05) is 30.3 Å². The van der Waals surface area contributed by atoms with Gasteiger partial charge in [-0.05, 0) is 59.3 Å². The predicted octanol–water partition coefficient (Wildman–Crippen LogP) is 3.46. The minimum Gasteiger partial charge on any atom is -0.497 e. The van der Waals surface area contributed by atoms with Crippen LogP contribution in [-0.4, -0.2) is 44.0 Å². The minimum absolute atomic E-state index is 0.144. The SMILES string of the molecule is COc1ccc2ccc(OCC(=O)N(C)CC(=O)Nc3ccc(F)cc3)cc2c1. The molecule has 3 rings (SSSR count). The van der Waals surface area contributed by atoms with Gasteiger partial charge in [-0.2, -0.15) is 0 Å². The fraction of sp³-hybridized carbons (Fsp3) is 0.182. The van der Waals surface area contributed by atoms with Gasteiger partial charge in [-0.15, -0.1) is 0 Å². The van der Waals surface area contributed by atoms with Gasteiger partial charge in [-0.1, -0.05) is 12.1 Å². The fourth-order valence-electron chi connectivity index (χ4n) is 2.71. The number of fused-ring (bicyclic) bond motifs is 1. The maximum absolute atomic E-state index is 12.9. The molecule has 0 saturated heterocycles. The largest absolute Gasteiger partial charge is 0.497 e. The molecule has 6 nitrogen and oxygen atoms in total. The van der Waals surface area contributed by atoms with Gasteiger partial charge in [0.25, 0.3) is 5.91 Å². The second kappa shape index (κ2) is 9.05. The Kier molecular flexibility index (Phi) is 6.29. The van der Waals surface area contributed by atoms with Gasteiger partial charge < -0.3 is 19.7 Å². The molecular weight excluding hydrogens is 375 g/mol. The molecule has 3 aromatic carbocycles. The van der Waals surface area contributed by atoms with Crippen molar-refractivity contribution >= 4 is 28.3 Å². The minimum atomic E-state index is -0.389. The van der Waals surface area contributed by atoms with Crippen LogP contribution < -0.4 is 14.8 Å². The van der Waals surface area contributed by atoms with E-state index in [0.717, 1.165) is 16.5 Å². The van der Waals surface area contributed by atoms with Gasteiger partial charge in [0.15, 0.2) is 6.61 Å². The second-order valence-corrected chi connectivity index (χ2v) is 6.47. The Balaban J connectivity index is 1.53. The van der Waals surface area contributed by atoms with E-state index in [4.69, 9.17) is 9.47 Å². The average Bonchev–Trinajstić information content (AvgIpc) is 2.72. The molecule has 0 saturated carbocycles. The molecule has 0 aliphatic heterocycles. The van der Waals surface area contributed by atoms with Crippen LogP contribution >= 0.6 is 0 Å². The number of hydrogen-bond acceptors (Lipinski definition) is 4. The molecule has 0 atom stereocenters. The van der Waals surface area contributed by atoms with Gasteiger partial charge in [0.05, 0.1) is 13.7 Å². The van der Waals surface area contributed by atoms with Crippen LogP contribution in [0.3, 0.4) is 0 Å². The number of anilines is 1. The lowest BCUT2D eigenvalue weighted by atomic mass is 10.1. The number of ether oxygens (including phenoxy) is 2. The first kappa shape index (κ1) is 20.1. The lowest BCUT2D eigenvalue weighted by Gasteiger charge is -2.17. The number of carbonyl (C=O) groups is 2. The van der Waals surface area contributed by atoms with Crippen LogP contribution in [0.1, 0.15) is 0 Å². The number of carbonyl (C=O) groups excluding carboxylic acids is 2. The zero-order chi connectivity index (χ0) is 20.8. The van der Waals surface area contributed by atoms with Crippen LogP contribution in [0.2, 0.25) is 0 Å². The third-order valence-electron chi connectivity index (χ3n) is 4.32. The van der Waals surface area contributed by atoms with E-state index in [0.29, 0.717) is 11.4 Å². The van der Waals surface area contributed by atoms with Crippen molar-refractivity contribution in [3.05, 3.63) is 66.5 Å². The summed E-state index contributed by atoms with van der Waals surface area (Å²) < 4.78 is 23.7. The Morgan fingerprint density at radius 3 is 2.31 bits per heavy atom.